The lowest BCUT2D eigenvalue weighted by atomic mass is 10.0. The molecule has 2 N–H and O–H groups in total. The van der Waals surface area contributed by atoms with Gasteiger partial charge in [-0.25, -0.2) is 0 Å². The van der Waals surface area contributed by atoms with Gasteiger partial charge in [0.15, 0.2) is 0 Å². The van der Waals surface area contributed by atoms with E-state index >= 15 is 0 Å². The van der Waals surface area contributed by atoms with Crippen LogP contribution < -0.4 is 10.5 Å². The van der Waals surface area contributed by atoms with E-state index in [-0.39, 0.29) is 6.04 Å². The molecule has 3 heteroatoms. The number of benzene rings is 2. The van der Waals surface area contributed by atoms with Gasteiger partial charge >= 0.3 is 0 Å². The molecule has 2 aromatic carbocycles. The third-order valence-electron chi connectivity index (χ3n) is 3.61. The lowest BCUT2D eigenvalue weighted by molar-refractivity contribution is 0.241. The Bertz CT molecular complexity index is 525. The summed E-state index contributed by atoms with van der Waals surface area (Å²) in [5.41, 5.74) is 8.50. The molecule has 0 amide bonds. The smallest absolute Gasteiger partial charge is 0.119 e. The summed E-state index contributed by atoms with van der Waals surface area (Å²) in [7, 11) is 2.11. The van der Waals surface area contributed by atoms with Crippen LogP contribution in [-0.4, -0.2) is 25.1 Å². The normalized spacial score (nSPS) is 12.4. The van der Waals surface area contributed by atoms with Crippen molar-refractivity contribution in [1.29, 1.82) is 0 Å². The summed E-state index contributed by atoms with van der Waals surface area (Å²) in [4.78, 5) is 2.28. The third kappa shape index (κ3) is 4.31. The van der Waals surface area contributed by atoms with Crippen molar-refractivity contribution in [1.82, 2.24) is 4.90 Å². The van der Waals surface area contributed by atoms with Gasteiger partial charge in [0.25, 0.3) is 0 Å². The van der Waals surface area contributed by atoms with Gasteiger partial charge in [-0.05, 0) is 37.2 Å². The molecule has 1 atom stereocenters. The largest absolute Gasteiger partial charge is 0.494 e. The van der Waals surface area contributed by atoms with Crippen LogP contribution >= 0.6 is 0 Å². The zero-order valence-electron chi connectivity index (χ0n) is 12.8. The first-order chi connectivity index (χ1) is 10.2. The van der Waals surface area contributed by atoms with Gasteiger partial charge in [-0.1, -0.05) is 42.5 Å². The molecule has 21 heavy (non-hydrogen) atoms. The Kier molecular flexibility index (Phi) is 5.78. The third-order valence-corrected chi connectivity index (χ3v) is 3.61. The number of hydrogen-bond donors (Lipinski definition) is 1. The molecule has 0 aliphatic carbocycles. The molecular weight excluding hydrogens is 260 g/mol. The molecule has 2 aromatic rings. The summed E-state index contributed by atoms with van der Waals surface area (Å²) in [6.07, 6.45) is 0. The molecule has 1 unspecified atom stereocenters. The molecule has 0 fully saturated rings. The number of nitrogens with zero attached hydrogens (tertiary/aromatic N) is 1. The van der Waals surface area contributed by atoms with Crippen molar-refractivity contribution in [3.63, 3.8) is 0 Å². The van der Waals surface area contributed by atoms with E-state index < -0.39 is 0 Å². The van der Waals surface area contributed by atoms with Gasteiger partial charge in [-0.2, -0.15) is 0 Å². The van der Waals surface area contributed by atoms with Crippen LogP contribution in [0.25, 0.3) is 0 Å². The zero-order valence-corrected chi connectivity index (χ0v) is 12.8. The van der Waals surface area contributed by atoms with E-state index in [1.807, 2.05) is 25.1 Å². The van der Waals surface area contributed by atoms with Crippen molar-refractivity contribution in [2.75, 3.05) is 20.2 Å². The number of nitrogens with two attached hydrogens (primary N) is 1. The minimum absolute atomic E-state index is 0.209. The van der Waals surface area contributed by atoms with Gasteiger partial charge in [0.1, 0.15) is 5.75 Å². The highest BCUT2D eigenvalue weighted by Gasteiger charge is 2.15. The van der Waals surface area contributed by atoms with Crippen molar-refractivity contribution in [3.05, 3.63) is 65.7 Å². The molecule has 112 valence electrons. The molecule has 0 spiro atoms. The molecule has 0 aliphatic rings. The molecule has 0 aromatic heterocycles. The lowest BCUT2D eigenvalue weighted by Gasteiger charge is -2.27. The molecular formula is C18H24N2O. The SMILES string of the molecule is CCOc1ccc(C(CN)N(C)Cc2ccccc2)cc1. The van der Waals surface area contributed by atoms with E-state index in [2.05, 4.69) is 48.3 Å². The van der Waals surface area contributed by atoms with E-state index in [4.69, 9.17) is 10.5 Å². The van der Waals surface area contributed by atoms with Crippen LogP contribution in [0.1, 0.15) is 24.1 Å². The fraction of sp³-hybridized carbons (Fsp3) is 0.333. The van der Waals surface area contributed by atoms with Crippen molar-refractivity contribution >= 4 is 0 Å². The van der Waals surface area contributed by atoms with E-state index in [0.717, 1.165) is 12.3 Å². The average molecular weight is 284 g/mol. The maximum atomic E-state index is 5.98. The fourth-order valence-corrected chi connectivity index (χ4v) is 2.50. The van der Waals surface area contributed by atoms with Gasteiger partial charge in [0.2, 0.25) is 0 Å². The van der Waals surface area contributed by atoms with Crippen LogP contribution in [-0.2, 0) is 6.54 Å². The summed E-state index contributed by atoms with van der Waals surface area (Å²) in [5.74, 6) is 0.905. The maximum absolute atomic E-state index is 5.98. The predicted molar refractivity (Wildman–Crippen MR) is 87.3 cm³/mol. The van der Waals surface area contributed by atoms with Crippen LogP contribution in [0, 0.1) is 0 Å². The molecule has 0 bridgehead atoms. The van der Waals surface area contributed by atoms with E-state index in [1.165, 1.54) is 11.1 Å². The van der Waals surface area contributed by atoms with Crippen molar-refractivity contribution in [3.8, 4) is 5.75 Å². The predicted octanol–water partition coefficient (Wildman–Crippen LogP) is 3.22. The topological polar surface area (TPSA) is 38.5 Å². The second kappa shape index (κ2) is 7.81. The van der Waals surface area contributed by atoms with Crippen LogP contribution in [0.4, 0.5) is 0 Å². The monoisotopic (exact) mass is 284 g/mol. The fourth-order valence-electron chi connectivity index (χ4n) is 2.50. The Labute approximate surface area is 127 Å². The first kappa shape index (κ1) is 15.5. The molecule has 0 radical (unpaired) electrons. The Hall–Kier alpha value is -1.84. The lowest BCUT2D eigenvalue weighted by Crippen LogP contribution is -2.30. The second-order valence-electron chi connectivity index (χ2n) is 5.15. The summed E-state index contributed by atoms with van der Waals surface area (Å²) >= 11 is 0. The standard InChI is InChI=1S/C18H24N2O/c1-3-21-17-11-9-16(10-12-17)18(13-19)20(2)14-15-7-5-4-6-8-15/h4-12,18H,3,13-14,19H2,1-2H3. The Morgan fingerprint density at radius 1 is 1.05 bits per heavy atom. The summed E-state index contributed by atoms with van der Waals surface area (Å²) in [6, 6.07) is 18.9. The maximum Gasteiger partial charge on any atom is 0.119 e. The van der Waals surface area contributed by atoms with Gasteiger partial charge in [-0.15, -0.1) is 0 Å². The molecule has 0 heterocycles. The average Bonchev–Trinajstić information content (AvgIpc) is 2.51. The van der Waals surface area contributed by atoms with Crippen LogP contribution in [0.5, 0.6) is 5.75 Å². The first-order valence-corrected chi connectivity index (χ1v) is 7.41. The molecule has 2 rings (SSSR count). The van der Waals surface area contributed by atoms with E-state index in [0.29, 0.717) is 13.2 Å². The van der Waals surface area contributed by atoms with Crippen molar-refractivity contribution < 1.29 is 4.74 Å². The number of rotatable bonds is 7. The van der Waals surface area contributed by atoms with Gasteiger partial charge in [0.05, 0.1) is 6.61 Å². The quantitative estimate of drug-likeness (QED) is 0.848. The molecule has 0 saturated heterocycles. The first-order valence-electron chi connectivity index (χ1n) is 7.41. The van der Waals surface area contributed by atoms with Crippen molar-refractivity contribution in [2.45, 2.75) is 19.5 Å². The summed E-state index contributed by atoms with van der Waals surface area (Å²) in [5, 5.41) is 0. The van der Waals surface area contributed by atoms with Crippen LogP contribution in [0.3, 0.4) is 0 Å². The highest BCUT2D eigenvalue weighted by Crippen LogP contribution is 2.22. The Balaban J connectivity index is 2.07. The van der Waals surface area contributed by atoms with Gasteiger partial charge in [0, 0.05) is 19.1 Å². The molecule has 0 saturated carbocycles. The van der Waals surface area contributed by atoms with Gasteiger partial charge < -0.3 is 10.5 Å². The van der Waals surface area contributed by atoms with Crippen LogP contribution in [0.15, 0.2) is 54.6 Å². The van der Waals surface area contributed by atoms with Crippen molar-refractivity contribution in [2.24, 2.45) is 5.73 Å². The number of ether oxygens (including phenoxy) is 1. The van der Waals surface area contributed by atoms with Gasteiger partial charge in [-0.3, -0.25) is 4.90 Å². The van der Waals surface area contributed by atoms with E-state index in [9.17, 15) is 0 Å². The minimum Gasteiger partial charge on any atom is -0.494 e. The Morgan fingerprint density at radius 3 is 2.29 bits per heavy atom. The second-order valence-corrected chi connectivity index (χ2v) is 5.15. The summed E-state index contributed by atoms with van der Waals surface area (Å²) in [6.45, 7) is 4.16. The molecule has 0 aliphatic heterocycles. The van der Waals surface area contributed by atoms with E-state index in [1.54, 1.807) is 0 Å². The highest BCUT2D eigenvalue weighted by atomic mass is 16.5. The minimum atomic E-state index is 0.209. The number of likely N-dealkylation sites (N-methyl/N-ethyl adjacent to an activating group) is 1. The summed E-state index contributed by atoms with van der Waals surface area (Å²) < 4.78 is 5.49. The number of hydrogen-bond acceptors (Lipinski definition) is 3. The zero-order chi connectivity index (χ0) is 15.1. The Morgan fingerprint density at radius 2 is 1.71 bits per heavy atom. The highest BCUT2D eigenvalue weighted by molar-refractivity contribution is 5.29. The molecule has 3 nitrogen and oxygen atoms in total. The van der Waals surface area contributed by atoms with Crippen LogP contribution in [0.2, 0.25) is 0 Å².